The number of amides is 1. The molecule has 166 valence electrons. The van der Waals surface area contributed by atoms with E-state index in [1.165, 1.54) is 0 Å². The molecule has 1 amide bonds. The van der Waals surface area contributed by atoms with Crippen molar-refractivity contribution in [3.8, 4) is 5.75 Å². The van der Waals surface area contributed by atoms with Crippen LogP contribution < -0.4 is 20.3 Å². The van der Waals surface area contributed by atoms with Crippen LogP contribution in [0.4, 0.5) is 23.1 Å². The van der Waals surface area contributed by atoms with Crippen molar-refractivity contribution in [1.82, 2.24) is 9.97 Å². The number of hydrogen-bond acceptors (Lipinski definition) is 7. The number of benzene rings is 2. The van der Waals surface area contributed by atoms with Gasteiger partial charge in [0.15, 0.2) is 0 Å². The minimum Gasteiger partial charge on any atom is -0.496 e. The highest BCUT2D eigenvalue weighted by Crippen LogP contribution is 2.22. The molecule has 0 atom stereocenters. The smallest absolute Gasteiger partial charge is 0.229 e. The summed E-state index contributed by atoms with van der Waals surface area (Å²) in [4.78, 5) is 23.8. The van der Waals surface area contributed by atoms with E-state index in [2.05, 4.69) is 25.5 Å². The summed E-state index contributed by atoms with van der Waals surface area (Å²) in [5, 5.41) is 6.17. The molecule has 4 rings (SSSR count). The lowest BCUT2D eigenvalue weighted by Crippen LogP contribution is -2.36. The molecule has 8 heteroatoms. The first kappa shape index (κ1) is 21.6. The molecule has 0 aliphatic carbocycles. The molecule has 1 fully saturated rings. The van der Waals surface area contributed by atoms with E-state index in [0.29, 0.717) is 24.9 Å². The number of carbonyl (C=O) groups excluding carboxylic acids is 1. The predicted octanol–water partition coefficient (Wildman–Crippen LogP) is 3.56. The number of aromatic nitrogens is 2. The van der Waals surface area contributed by atoms with Gasteiger partial charge >= 0.3 is 0 Å². The van der Waals surface area contributed by atoms with Gasteiger partial charge in [0, 0.05) is 41.8 Å². The van der Waals surface area contributed by atoms with Crippen LogP contribution >= 0.6 is 0 Å². The number of methoxy groups -OCH3 is 1. The van der Waals surface area contributed by atoms with Gasteiger partial charge in [-0.15, -0.1) is 0 Å². The fraction of sp³-hybridized carbons (Fsp3) is 0.292. The highest BCUT2D eigenvalue weighted by molar-refractivity contribution is 5.92. The molecular formula is C24H27N5O3. The number of hydrogen-bond donors (Lipinski definition) is 2. The molecule has 0 radical (unpaired) electrons. The fourth-order valence-electron chi connectivity index (χ4n) is 3.56. The Morgan fingerprint density at radius 2 is 1.78 bits per heavy atom. The van der Waals surface area contributed by atoms with Crippen molar-refractivity contribution in [2.24, 2.45) is 0 Å². The number of nitrogens with one attached hydrogen (secondary N) is 2. The number of rotatable bonds is 7. The van der Waals surface area contributed by atoms with Crippen LogP contribution in [0.1, 0.15) is 11.3 Å². The average Bonchev–Trinajstić information content (AvgIpc) is 2.81. The van der Waals surface area contributed by atoms with E-state index in [1.54, 1.807) is 7.11 Å². The maximum absolute atomic E-state index is 12.4. The van der Waals surface area contributed by atoms with Crippen molar-refractivity contribution < 1.29 is 14.3 Å². The molecule has 8 nitrogen and oxygen atoms in total. The molecule has 2 N–H and O–H groups in total. The maximum atomic E-state index is 12.4. The van der Waals surface area contributed by atoms with Crippen molar-refractivity contribution in [3.05, 3.63) is 65.9 Å². The first-order chi connectivity index (χ1) is 15.6. The van der Waals surface area contributed by atoms with Gasteiger partial charge in [0.05, 0.1) is 26.7 Å². The van der Waals surface area contributed by atoms with Gasteiger partial charge in [-0.25, -0.2) is 4.98 Å². The molecule has 0 spiro atoms. The summed E-state index contributed by atoms with van der Waals surface area (Å²) in [7, 11) is 1.60. The van der Waals surface area contributed by atoms with Crippen LogP contribution in [0.2, 0.25) is 0 Å². The Morgan fingerprint density at radius 3 is 2.53 bits per heavy atom. The molecule has 0 unspecified atom stereocenters. The highest BCUT2D eigenvalue weighted by Gasteiger charge is 2.14. The van der Waals surface area contributed by atoms with Gasteiger partial charge in [0.25, 0.3) is 0 Å². The summed E-state index contributed by atoms with van der Waals surface area (Å²) in [5.41, 5.74) is 3.29. The summed E-state index contributed by atoms with van der Waals surface area (Å²) in [6, 6.07) is 17.0. The largest absolute Gasteiger partial charge is 0.496 e. The van der Waals surface area contributed by atoms with Gasteiger partial charge in [0.2, 0.25) is 11.9 Å². The summed E-state index contributed by atoms with van der Waals surface area (Å²) >= 11 is 0. The lowest BCUT2D eigenvalue weighted by Gasteiger charge is -2.28. The summed E-state index contributed by atoms with van der Waals surface area (Å²) in [5.74, 6) is 2.03. The maximum Gasteiger partial charge on any atom is 0.229 e. The molecule has 2 aromatic carbocycles. The van der Waals surface area contributed by atoms with Gasteiger partial charge in [-0.2, -0.15) is 4.98 Å². The Labute approximate surface area is 187 Å². The van der Waals surface area contributed by atoms with Crippen LogP contribution in [0, 0.1) is 6.92 Å². The van der Waals surface area contributed by atoms with Gasteiger partial charge in [-0.3, -0.25) is 4.79 Å². The van der Waals surface area contributed by atoms with Crippen LogP contribution in [0.25, 0.3) is 0 Å². The molecule has 1 aliphatic heterocycles. The summed E-state index contributed by atoms with van der Waals surface area (Å²) in [6.45, 7) is 5.00. The first-order valence-corrected chi connectivity index (χ1v) is 10.6. The van der Waals surface area contributed by atoms with Gasteiger partial charge in [0.1, 0.15) is 11.6 Å². The molecule has 1 saturated heterocycles. The SMILES string of the molecule is COc1ccccc1CC(=O)Nc1ccc(Nc2nc(C)cc(N3CCOCC3)n2)cc1. The van der Waals surface area contributed by atoms with E-state index in [4.69, 9.17) is 9.47 Å². The Morgan fingerprint density at radius 1 is 1.06 bits per heavy atom. The number of aryl methyl sites for hydroxylation is 1. The Balaban J connectivity index is 1.38. The highest BCUT2D eigenvalue weighted by atomic mass is 16.5. The zero-order valence-electron chi connectivity index (χ0n) is 18.3. The quantitative estimate of drug-likeness (QED) is 0.589. The Kier molecular flexibility index (Phi) is 6.81. The molecule has 1 aliphatic rings. The normalized spacial score (nSPS) is 13.5. The van der Waals surface area contributed by atoms with Crippen molar-refractivity contribution >= 4 is 29.0 Å². The van der Waals surface area contributed by atoms with Crippen LogP contribution in [0.3, 0.4) is 0 Å². The second kappa shape index (κ2) is 10.1. The number of morpholine rings is 1. The van der Waals surface area contributed by atoms with E-state index in [0.717, 1.165) is 41.5 Å². The average molecular weight is 434 g/mol. The van der Waals surface area contributed by atoms with Crippen LogP contribution in [0.15, 0.2) is 54.6 Å². The molecule has 1 aromatic heterocycles. The van der Waals surface area contributed by atoms with Crippen molar-refractivity contribution in [2.45, 2.75) is 13.3 Å². The minimum absolute atomic E-state index is 0.104. The molecule has 3 aromatic rings. The van der Waals surface area contributed by atoms with E-state index in [1.807, 2.05) is 61.5 Å². The van der Waals surface area contributed by atoms with Crippen molar-refractivity contribution in [3.63, 3.8) is 0 Å². The van der Waals surface area contributed by atoms with Gasteiger partial charge < -0.3 is 25.0 Å². The molecule has 32 heavy (non-hydrogen) atoms. The zero-order valence-corrected chi connectivity index (χ0v) is 18.3. The second-order valence-electron chi connectivity index (χ2n) is 7.53. The first-order valence-electron chi connectivity index (χ1n) is 10.6. The monoisotopic (exact) mass is 433 g/mol. The lowest BCUT2D eigenvalue weighted by atomic mass is 10.1. The summed E-state index contributed by atoms with van der Waals surface area (Å²) in [6.07, 6.45) is 0.242. The van der Waals surface area contributed by atoms with E-state index < -0.39 is 0 Å². The number of anilines is 4. The molecule has 0 bridgehead atoms. The molecular weight excluding hydrogens is 406 g/mol. The predicted molar refractivity (Wildman–Crippen MR) is 125 cm³/mol. The number of nitrogens with zero attached hydrogens (tertiary/aromatic N) is 3. The summed E-state index contributed by atoms with van der Waals surface area (Å²) < 4.78 is 10.7. The standard InChI is InChI=1S/C24H27N5O3/c1-17-15-22(29-11-13-32-14-12-29)28-24(25-17)27-20-9-7-19(8-10-20)26-23(30)16-18-5-3-4-6-21(18)31-2/h3-10,15H,11-14,16H2,1-2H3,(H,26,30)(H,25,27,28). The number of carbonyl (C=O) groups is 1. The Hall–Kier alpha value is -3.65. The second-order valence-corrected chi connectivity index (χ2v) is 7.53. The van der Waals surface area contributed by atoms with Crippen LogP contribution in [-0.2, 0) is 16.0 Å². The van der Waals surface area contributed by atoms with E-state index >= 15 is 0 Å². The van der Waals surface area contributed by atoms with Gasteiger partial charge in [-0.1, -0.05) is 18.2 Å². The number of para-hydroxylation sites is 1. The van der Waals surface area contributed by atoms with E-state index in [-0.39, 0.29) is 12.3 Å². The fourth-order valence-corrected chi connectivity index (χ4v) is 3.56. The van der Waals surface area contributed by atoms with Crippen LogP contribution in [0.5, 0.6) is 5.75 Å². The third-order valence-corrected chi connectivity index (χ3v) is 5.14. The number of ether oxygens (including phenoxy) is 2. The van der Waals surface area contributed by atoms with Crippen LogP contribution in [-0.4, -0.2) is 49.3 Å². The minimum atomic E-state index is -0.104. The third-order valence-electron chi connectivity index (χ3n) is 5.14. The topological polar surface area (TPSA) is 88.6 Å². The van der Waals surface area contributed by atoms with E-state index in [9.17, 15) is 4.79 Å². The lowest BCUT2D eigenvalue weighted by molar-refractivity contribution is -0.115. The van der Waals surface area contributed by atoms with Crippen molar-refractivity contribution in [2.75, 3.05) is 48.9 Å². The zero-order chi connectivity index (χ0) is 22.3. The molecule has 0 saturated carbocycles. The van der Waals surface area contributed by atoms with Crippen molar-refractivity contribution in [1.29, 1.82) is 0 Å². The van der Waals surface area contributed by atoms with Gasteiger partial charge in [-0.05, 0) is 37.3 Å². The Bertz CT molecular complexity index is 1070. The third kappa shape index (κ3) is 5.53. The molecule has 2 heterocycles.